The van der Waals surface area contributed by atoms with Crippen LogP contribution in [0.3, 0.4) is 0 Å². The molecule has 1 atom stereocenters. The monoisotopic (exact) mass is 238 g/mol. The van der Waals surface area contributed by atoms with Crippen molar-refractivity contribution in [1.29, 1.82) is 0 Å². The van der Waals surface area contributed by atoms with Crippen molar-refractivity contribution >= 4 is 0 Å². The second-order valence-electron chi connectivity index (χ2n) is 4.59. The molecule has 0 saturated heterocycles. The summed E-state index contributed by atoms with van der Waals surface area (Å²) in [5.74, 6) is 0.756. The molecule has 0 saturated carbocycles. The van der Waals surface area contributed by atoms with Gasteiger partial charge in [0.05, 0.1) is 24.4 Å². The highest BCUT2D eigenvalue weighted by molar-refractivity contribution is 5.27. The molecule has 0 aliphatic carbocycles. The second-order valence-corrected chi connectivity index (χ2v) is 4.59. The van der Waals surface area contributed by atoms with Crippen LogP contribution in [0.4, 0.5) is 0 Å². The van der Waals surface area contributed by atoms with Gasteiger partial charge in [-0.05, 0) is 31.9 Å². The zero-order chi connectivity index (χ0) is 12.9. The molecule has 4 heteroatoms. The number of aromatic nitrogens is 1. The second kappa shape index (κ2) is 5.98. The van der Waals surface area contributed by atoms with Gasteiger partial charge in [0, 0.05) is 13.3 Å². The Balaban J connectivity index is 2.84. The molecule has 4 nitrogen and oxygen atoms in total. The topological polar surface area (TPSA) is 57.4 Å². The van der Waals surface area contributed by atoms with Crippen LogP contribution in [0.1, 0.15) is 38.8 Å². The quantitative estimate of drug-likeness (QED) is 0.826. The SMILES string of the molecule is CCCOc1cncc(C(N)C(C)(C)OC)c1. The summed E-state index contributed by atoms with van der Waals surface area (Å²) < 4.78 is 10.9. The molecule has 1 rings (SSSR count). The Morgan fingerprint density at radius 1 is 1.41 bits per heavy atom. The first-order valence-corrected chi connectivity index (χ1v) is 5.89. The van der Waals surface area contributed by atoms with Gasteiger partial charge in [0.25, 0.3) is 0 Å². The number of nitrogens with zero attached hydrogens (tertiary/aromatic N) is 1. The largest absolute Gasteiger partial charge is 0.492 e. The van der Waals surface area contributed by atoms with Crippen molar-refractivity contribution in [3.8, 4) is 5.75 Å². The molecule has 0 aliphatic heterocycles. The van der Waals surface area contributed by atoms with E-state index in [0.29, 0.717) is 6.61 Å². The Bertz CT molecular complexity index is 353. The summed E-state index contributed by atoms with van der Waals surface area (Å²) in [5, 5.41) is 0. The molecule has 1 unspecified atom stereocenters. The number of hydrogen-bond donors (Lipinski definition) is 1. The van der Waals surface area contributed by atoms with Crippen molar-refractivity contribution in [2.75, 3.05) is 13.7 Å². The average Bonchev–Trinajstić information content (AvgIpc) is 2.35. The number of methoxy groups -OCH3 is 1. The average molecular weight is 238 g/mol. The molecule has 0 spiro atoms. The lowest BCUT2D eigenvalue weighted by atomic mass is 9.93. The van der Waals surface area contributed by atoms with E-state index in [-0.39, 0.29) is 6.04 Å². The minimum absolute atomic E-state index is 0.231. The minimum Gasteiger partial charge on any atom is -0.492 e. The number of ether oxygens (including phenoxy) is 2. The van der Waals surface area contributed by atoms with Gasteiger partial charge in [-0.2, -0.15) is 0 Å². The van der Waals surface area contributed by atoms with Crippen LogP contribution in [-0.4, -0.2) is 24.3 Å². The highest BCUT2D eigenvalue weighted by atomic mass is 16.5. The van der Waals surface area contributed by atoms with Gasteiger partial charge >= 0.3 is 0 Å². The van der Waals surface area contributed by atoms with Gasteiger partial charge in [0.15, 0.2) is 0 Å². The highest BCUT2D eigenvalue weighted by Crippen LogP contribution is 2.27. The summed E-state index contributed by atoms with van der Waals surface area (Å²) in [6, 6.07) is 1.69. The maximum absolute atomic E-state index is 6.16. The summed E-state index contributed by atoms with van der Waals surface area (Å²) in [4.78, 5) is 4.15. The smallest absolute Gasteiger partial charge is 0.137 e. The molecule has 1 aromatic heterocycles. The maximum atomic E-state index is 6.16. The lowest BCUT2D eigenvalue weighted by Crippen LogP contribution is -2.37. The Kier molecular flexibility index (Phi) is 4.90. The standard InChI is InChI=1S/C13H22N2O2/c1-5-6-17-11-7-10(8-15-9-11)12(14)13(2,3)16-4/h7-9,12H,5-6,14H2,1-4H3. The van der Waals surface area contributed by atoms with Crippen molar-refractivity contribution < 1.29 is 9.47 Å². The number of nitrogens with two attached hydrogens (primary N) is 1. The molecule has 17 heavy (non-hydrogen) atoms. The molecule has 0 amide bonds. The van der Waals surface area contributed by atoms with Crippen LogP contribution in [0.15, 0.2) is 18.5 Å². The molecule has 0 aliphatic rings. The number of rotatable bonds is 6. The molecule has 0 aromatic carbocycles. The summed E-state index contributed by atoms with van der Waals surface area (Å²) in [5.41, 5.74) is 6.66. The third-order valence-corrected chi connectivity index (χ3v) is 2.84. The first kappa shape index (κ1) is 13.9. The van der Waals surface area contributed by atoms with Gasteiger partial charge in [-0.15, -0.1) is 0 Å². The Hall–Kier alpha value is -1.13. The molecule has 0 bridgehead atoms. The van der Waals surface area contributed by atoms with E-state index in [0.717, 1.165) is 17.7 Å². The fourth-order valence-corrected chi connectivity index (χ4v) is 1.43. The third-order valence-electron chi connectivity index (χ3n) is 2.84. The molecule has 0 radical (unpaired) electrons. The van der Waals surface area contributed by atoms with Crippen molar-refractivity contribution in [2.45, 2.75) is 38.8 Å². The first-order valence-electron chi connectivity index (χ1n) is 5.89. The minimum atomic E-state index is -0.426. The predicted octanol–water partition coefficient (Wildman–Crippen LogP) is 2.30. The Morgan fingerprint density at radius 2 is 2.12 bits per heavy atom. The highest BCUT2D eigenvalue weighted by Gasteiger charge is 2.27. The van der Waals surface area contributed by atoms with E-state index in [1.54, 1.807) is 19.5 Å². The van der Waals surface area contributed by atoms with Crippen LogP contribution < -0.4 is 10.5 Å². The van der Waals surface area contributed by atoms with Gasteiger partial charge in [-0.3, -0.25) is 4.98 Å². The van der Waals surface area contributed by atoms with Crippen LogP contribution in [-0.2, 0) is 4.74 Å². The molecule has 96 valence electrons. The maximum Gasteiger partial charge on any atom is 0.137 e. The lowest BCUT2D eigenvalue weighted by Gasteiger charge is -2.30. The van der Waals surface area contributed by atoms with Crippen molar-refractivity contribution in [3.63, 3.8) is 0 Å². The molecular weight excluding hydrogens is 216 g/mol. The van der Waals surface area contributed by atoms with E-state index < -0.39 is 5.60 Å². The van der Waals surface area contributed by atoms with E-state index in [4.69, 9.17) is 15.2 Å². The molecule has 2 N–H and O–H groups in total. The van der Waals surface area contributed by atoms with Crippen LogP contribution in [0.2, 0.25) is 0 Å². The zero-order valence-electron chi connectivity index (χ0n) is 11.1. The molecule has 1 heterocycles. The van der Waals surface area contributed by atoms with Gasteiger partial charge in [-0.25, -0.2) is 0 Å². The van der Waals surface area contributed by atoms with E-state index in [1.807, 2.05) is 19.9 Å². The van der Waals surface area contributed by atoms with Crippen LogP contribution in [0, 0.1) is 0 Å². The van der Waals surface area contributed by atoms with E-state index in [9.17, 15) is 0 Å². The molecule has 1 aromatic rings. The van der Waals surface area contributed by atoms with Crippen molar-refractivity contribution in [2.24, 2.45) is 5.73 Å². The molecular formula is C13H22N2O2. The van der Waals surface area contributed by atoms with Crippen LogP contribution in [0.5, 0.6) is 5.75 Å². The van der Waals surface area contributed by atoms with Gasteiger partial charge in [0.2, 0.25) is 0 Å². The van der Waals surface area contributed by atoms with Crippen LogP contribution >= 0.6 is 0 Å². The number of hydrogen-bond acceptors (Lipinski definition) is 4. The third kappa shape index (κ3) is 3.68. The Labute approximate surface area is 103 Å². The zero-order valence-corrected chi connectivity index (χ0v) is 11.1. The summed E-state index contributed by atoms with van der Waals surface area (Å²) in [6.45, 7) is 6.67. The summed E-state index contributed by atoms with van der Waals surface area (Å²) in [6.07, 6.45) is 4.43. The van der Waals surface area contributed by atoms with Gasteiger partial charge in [0.1, 0.15) is 5.75 Å². The predicted molar refractivity (Wildman–Crippen MR) is 68.0 cm³/mol. The van der Waals surface area contributed by atoms with Gasteiger partial charge < -0.3 is 15.2 Å². The van der Waals surface area contributed by atoms with Crippen molar-refractivity contribution in [3.05, 3.63) is 24.0 Å². The van der Waals surface area contributed by atoms with E-state index in [1.165, 1.54) is 0 Å². The fourth-order valence-electron chi connectivity index (χ4n) is 1.43. The van der Waals surface area contributed by atoms with E-state index >= 15 is 0 Å². The Morgan fingerprint density at radius 3 is 2.71 bits per heavy atom. The first-order chi connectivity index (χ1) is 8.01. The number of pyridine rings is 1. The van der Waals surface area contributed by atoms with E-state index in [2.05, 4.69) is 11.9 Å². The van der Waals surface area contributed by atoms with Crippen molar-refractivity contribution in [1.82, 2.24) is 4.98 Å². The van der Waals surface area contributed by atoms with Crippen LogP contribution in [0.25, 0.3) is 0 Å². The fraction of sp³-hybridized carbons (Fsp3) is 0.615. The molecule has 0 fully saturated rings. The summed E-state index contributed by atoms with van der Waals surface area (Å²) >= 11 is 0. The normalized spacial score (nSPS) is 13.5. The summed E-state index contributed by atoms with van der Waals surface area (Å²) in [7, 11) is 1.66. The lowest BCUT2D eigenvalue weighted by molar-refractivity contribution is -0.000161. The van der Waals surface area contributed by atoms with Gasteiger partial charge in [-0.1, -0.05) is 6.92 Å².